The molecule has 6 heteroatoms. The number of rotatable bonds is 8. The Kier molecular flexibility index (Phi) is 7.60. The zero-order valence-corrected chi connectivity index (χ0v) is 19.4. The van der Waals surface area contributed by atoms with Crippen LogP contribution in [0.25, 0.3) is 10.8 Å². The molecule has 2 aromatic rings. The second-order valence-electron chi connectivity index (χ2n) is 8.90. The molecule has 29 heavy (non-hydrogen) atoms. The molecule has 0 aliphatic rings. The Labute approximate surface area is 174 Å². The highest BCUT2D eigenvalue weighted by Gasteiger charge is 2.37. The van der Waals surface area contributed by atoms with Crippen molar-refractivity contribution in [2.75, 3.05) is 13.7 Å². The molecule has 158 valence electrons. The molecular weight excluding hydrogens is 382 g/mol. The molecule has 0 saturated heterocycles. The van der Waals surface area contributed by atoms with Crippen molar-refractivity contribution in [1.82, 2.24) is 5.32 Å². The fourth-order valence-electron chi connectivity index (χ4n) is 2.82. The van der Waals surface area contributed by atoms with Gasteiger partial charge in [0.1, 0.15) is 6.04 Å². The molecule has 0 spiro atoms. The predicted molar refractivity (Wildman–Crippen MR) is 119 cm³/mol. The van der Waals surface area contributed by atoms with E-state index >= 15 is 0 Å². The summed E-state index contributed by atoms with van der Waals surface area (Å²) in [6, 6.07) is 13.3. The number of benzene rings is 2. The molecule has 0 radical (unpaired) electrons. The Hall–Kier alpha value is -2.18. The first-order chi connectivity index (χ1) is 13.5. The van der Waals surface area contributed by atoms with E-state index in [1.807, 2.05) is 42.5 Å². The number of esters is 1. The van der Waals surface area contributed by atoms with Gasteiger partial charge in [0, 0.05) is 13.0 Å². The van der Waals surface area contributed by atoms with E-state index in [1.165, 1.54) is 7.11 Å². The second-order valence-corrected chi connectivity index (χ2v) is 13.7. The van der Waals surface area contributed by atoms with Crippen LogP contribution in [0.15, 0.2) is 42.5 Å². The Balaban J connectivity index is 1.97. The number of hydrogen-bond donors (Lipinski definition) is 1. The SMILES string of the molecule is COC(=O)[C@@H](CCO[Si](C)(C)C(C)(C)C)NC(=O)Cc1ccc2ccccc2c1. The molecule has 1 atom stereocenters. The average Bonchev–Trinajstić information content (AvgIpc) is 2.65. The monoisotopic (exact) mass is 415 g/mol. The quantitative estimate of drug-likeness (QED) is 0.511. The maximum absolute atomic E-state index is 12.5. The molecule has 2 aromatic carbocycles. The number of carbonyl (C=O) groups is 2. The highest BCUT2D eigenvalue weighted by molar-refractivity contribution is 6.74. The molecule has 2 rings (SSSR count). The van der Waals surface area contributed by atoms with Crippen molar-refractivity contribution in [2.45, 2.75) is 57.8 Å². The number of ether oxygens (including phenoxy) is 1. The standard InChI is InChI=1S/C23H33NO4Si/c1-23(2,3)29(5,6)28-14-13-20(22(26)27-4)24-21(25)16-17-11-12-18-9-7-8-10-19(18)15-17/h7-12,15,20H,13-14,16H2,1-6H3,(H,24,25)/t20-/m1/s1. The molecule has 0 bridgehead atoms. The zero-order valence-electron chi connectivity index (χ0n) is 18.4. The lowest BCUT2D eigenvalue weighted by molar-refractivity contribution is -0.145. The van der Waals surface area contributed by atoms with Crippen LogP contribution in [0.1, 0.15) is 32.8 Å². The minimum atomic E-state index is -1.91. The normalized spacial score (nSPS) is 13.2. The van der Waals surface area contributed by atoms with Gasteiger partial charge in [0.05, 0.1) is 13.5 Å². The van der Waals surface area contributed by atoms with Gasteiger partial charge in [-0.3, -0.25) is 4.79 Å². The summed E-state index contributed by atoms with van der Waals surface area (Å²) in [5.74, 6) is -0.654. The van der Waals surface area contributed by atoms with Crippen molar-refractivity contribution in [3.63, 3.8) is 0 Å². The van der Waals surface area contributed by atoms with Crippen molar-refractivity contribution < 1.29 is 18.8 Å². The van der Waals surface area contributed by atoms with Crippen LogP contribution >= 0.6 is 0 Å². The third-order valence-corrected chi connectivity index (χ3v) is 10.2. The highest BCUT2D eigenvalue weighted by Crippen LogP contribution is 2.36. The fraction of sp³-hybridized carbons (Fsp3) is 0.478. The third-order valence-electron chi connectivity index (χ3n) is 5.68. The van der Waals surface area contributed by atoms with E-state index in [4.69, 9.17) is 9.16 Å². The maximum atomic E-state index is 12.5. The van der Waals surface area contributed by atoms with Crippen LogP contribution in [0.2, 0.25) is 18.1 Å². The number of fused-ring (bicyclic) bond motifs is 1. The Bertz CT molecular complexity index is 857. The lowest BCUT2D eigenvalue weighted by atomic mass is 10.0. The topological polar surface area (TPSA) is 64.6 Å². The van der Waals surface area contributed by atoms with E-state index in [0.29, 0.717) is 13.0 Å². The van der Waals surface area contributed by atoms with Crippen LogP contribution in [-0.4, -0.2) is 40.0 Å². The number of hydrogen-bond acceptors (Lipinski definition) is 4. The van der Waals surface area contributed by atoms with E-state index in [-0.39, 0.29) is 17.4 Å². The summed E-state index contributed by atoms with van der Waals surface area (Å²) in [4.78, 5) is 24.7. The van der Waals surface area contributed by atoms with E-state index < -0.39 is 20.3 Å². The third kappa shape index (κ3) is 6.40. The van der Waals surface area contributed by atoms with Gasteiger partial charge < -0.3 is 14.5 Å². The van der Waals surface area contributed by atoms with Gasteiger partial charge in [-0.05, 0) is 34.5 Å². The molecular formula is C23H33NO4Si. The van der Waals surface area contributed by atoms with Gasteiger partial charge in [0.2, 0.25) is 5.91 Å². The number of methoxy groups -OCH3 is 1. The van der Waals surface area contributed by atoms with Gasteiger partial charge in [-0.15, -0.1) is 0 Å². The first-order valence-corrected chi connectivity index (χ1v) is 12.9. The molecule has 0 aliphatic heterocycles. The smallest absolute Gasteiger partial charge is 0.328 e. The highest BCUT2D eigenvalue weighted by atomic mass is 28.4. The predicted octanol–water partition coefficient (Wildman–Crippen LogP) is 4.45. The Morgan fingerprint density at radius 3 is 2.34 bits per heavy atom. The minimum Gasteiger partial charge on any atom is -0.467 e. The van der Waals surface area contributed by atoms with Crippen molar-refractivity contribution >= 4 is 31.0 Å². The minimum absolute atomic E-state index is 0.0904. The summed E-state index contributed by atoms with van der Waals surface area (Å²) in [6.07, 6.45) is 0.601. The molecule has 0 aliphatic carbocycles. The molecule has 1 N–H and O–H groups in total. The summed E-state index contributed by atoms with van der Waals surface area (Å²) in [5.41, 5.74) is 0.905. The maximum Gasteiger partial charge on any atom is 0.328 e. The fourth-order valence-corrected chi connectivity index (χ4v) is 3.88. The van der Waals surface area contributed by atoms with Crippen LogP contribution in [-0.2, 0) is 25.2 Å². The van der Waals surface area contributed by atoms with Gasteiger partial charge in [-0.1, -0.05) is 63.2 Å². The van der Waals surface area contributed by atoms with Crippen molar-refractivity contribution in [3.8, 4) is 0 Å². The van der Waals surface area contributed by atoms with Crippen molar-refractivity contribution in [1.29, 1.82) is 0 Å². The largest absolute Gasteiger partial charge is 0.467 e. The zero-order chi connectivity index (χ0) is 21.7. The van der Waals surface area contributed by atoms with Crippen LogP contribution < -0.4 is 5.32 Å². The Morgan fingerprint density at radius 2 is 1.72 bits per heavy atom. The van der Waals surface area contributed by atoms with E-state index in [1.54, 1.807) is 0 Å². The van der Waals surface area contributed by atoms with Gasteiger partial charge in [-0.2, -0.15) is 0 Å². The summed E-state index contributed by atoms with van der Waals surface area (Å²) in [5, 5.41) is 5.12. The molecule has 0 fully saturated rings. The first kappa shape index (κ1) is 23.1. The lowest BCUT2D eigenvalue weighted by Gasteiger charge is -2.36. The first-order valence-electron chi connectivity index (χ1n) is 10.0. The number of amides is 1. The molecule has 5 nitrogen and oxygen atoms in total. The molecule has 1 amide bonds. The van der Waals surface area contributed by atoms with Gasteiger partial charge in [0.15, 0.2) is 8.32 Å². The average molecular weight is 416 g/mol. The van der Waals surface area contributed by atoms with E-state index in [0.717, 1.165) is 16.3 Å². The Morgan fingerprint density at radius 1 is 1.07 bits per heavy atom. The van der Waals surface area contributed by atoms with Gasteiger partial charge in [-0.25, -0.2) is 4.79 Å². The van der Waals surface area contributed by atoms with Crippen LogP contribution in [0.4, 0.5) is 0 Å². The lowest BCUT2D eigenvalue weighted by Crippen LogP contribution is -2.45. The number of carbonyl (C=O) groups excluding carboxylic acids is 2. The summed E-state index contributed by atoms with van der Waals surface area (Å²) >= 11 is 0. The van der Waals surface area contributed by atoms with E-state index in [9.17, 15) is 9.59 Å². The summed E-state index contributed by atoms with van der Waals surface area (Å²) in [7, 11) is -0.576. The van der Waals surface area contributed by atoms with Crippen LogP contribution in [0.5, 0.6) is 0 Å². The molecule has 0 saturated carbocycles. The van der Waals surface area contributed by atoms with Crippen LogP contribution in [0.3, 0.4) is 0 Å². The van der Waals surface area contributed by atoms with Crippen LogP contribution in [0, 0.1) is 0 Å². The molecule has 0 aromatic heterocycles. The van der Waals surface area contributed by atoms with Gasteiger partial charge >= 0.3 is 5.97 Å². The van der Waals surface area contributed by atoms with Crippen molar-refractivity contribution in [3.05, 3.63) is 48.0 Å². The van der Waals surface area contributed by atoms with E-state index in [2.05, 4.69) is 39.2 Å². The van der Waals surface area contributed by atoms with Gasteiger partial charge in [0.25, 0.3) is 0 Å². The number of nitrogens with one attached hydrogen (secondary N) is 1. The molecule has 0 unspecified atom stereocenters. The second kappa shape index (κ2) is 9.54. The summed E-state index contributed by atoms with van der Waals surface area (Å²) in [6.45, 7) is 11.2. The summed E-state index contributed by atoms with van der Waals surface area (Å²) < 4.78 is 11.0. The van der Waals surface area contributed by atoms with Crippen molar-refractivity contribution in [2.24, 2.45) is 0 Å². The molecule has 0 heterocycles.